The molecule has 1 atom stereocenters. The Morgan fingerprint density at radius 3 is 2.10 bits per heavy atom. The molecule has 0 aliphatic rings. The zero-order valence-corrected chi connectivity index (χ0v) is 20.1. The summed E-state index contributed by atoms with van der Waals surface area (Å²) in [5.74, 6) is 0.825. The number of ether oxygens (including phenoxy) is 1. The van der Waals surface area contributed by atoms with Gasteiger partial charge in [-0.15, -0.1) is 0 Å². The molecular weight excluding hydrogens is 471 g/mol. The lowest BCUT2D eigenvalue weighted by molar-refractivity contribution is 0.0975. The molecular formula is C26H37IO2. The largest absolute Gasteiger partial charge is 0.491 e. The summed E-state index contributed by atoms with van der Waals surface area (Å²) in [5, 5.41) is 10.2. The van der Waals surface area contributed by atoms with Gasteiger partial charge in [-0.25, -0.2) is 0 Å². The number of unbranched alkanes of at least 4 members (excludes halogenated alkanes) is 9. The average Bonchev–Trinajstić information content (AvgIpc) is 2.75. The zero-order chi connectivity index (χ0) is 20.7. The van der Waals surface area contributed by atoms with E-state index in [0.29, 0.717) is 6.61 Å². The summed E-state index contributed by atoms with van der Waals surface area (Å²) in [7, 11) is 0. The third kappa shape index (κ3) is 9.99. The van der Waals surface area contributed by atoms with E-state index in [1.165, 1.54) is 72.5 Å². The number of aliphatic hydroxyl groups is 1. The van der Waals surface area contributed by atoms with Gasteiger partial charge >= 0.3 is 0 Å². The number of hydrogen-bond donors (Lipinski definition) is 1. The van der Waals surface area contributed by atoms with Crippen molar-refractivity contribution in [2.24, 2.45) is 0 Å². The van der Waals surface area contributed by atoms with Crippen molar-refractivity contribution in [3.05, 3.63) is 52.1 Å². The number of halogens is 1. The highest BCUT2D eigenvalue weighted by Gasteiger charge is 2.08. The maximum atomic E-state index is 10.2. The Morgan fingerprint density at radius 2 is 1.45 bits per heavy atom. The van der Waals surface area contributed by atoms with Crippen molar-refractivity contribution in [3.63, 3.8) is 0 Å². The van der Waals surface area contributed by atoms with E-state index in [2.05, 4.69) is 65.9 Å². The first-order valence-electron chi connectivity index (χ1n) is 11.4. The van der Waals surface area contributed by atoms with Crippen molar-refractivity contribution in [2.75, 3.05) is 6.61 Å². The predicted molar refractivity (Wildman–Crippen MR) is 133 cm³/mol. The second-order valence-electron chi connectivity index (χ2n) is 7.94. The van der Waals surface area contributed by atoms with Gasteiger partial charge in [0, 0.05) is 3.57 Å². The predicted octanol–water partition coefficient (Wildman–Crippen LogP) is 8.01. The SMILES string of the molecule is CCCCCCCCCCCCC(O)COc1ccc(I)c(-c2ccccc2)c1. The molecule has 0 aromatic heterocycles. The van der Waals surface area contributed by atoms with Crippen LogP contribution in [0, 0.1) is 3.57 Å². The lowest BCUT2D eigenvalue weighted by atomic mass is 10.0. The van der Waals surface area contributed by atoms with Crippen molar-refractivity contribution in [3.8, 4) is 16.9 Å². The Morgan fingerprint density at radius 1 is 0.828 bits per heavy atom. The first-order valence-corrected chi connectivity index (χ1v) is 12.4. The summed E-state index contributed by atoms with van der Waals surface area (Å²) in [6, 6.07) is 16.5. The van der Waals surface area contributed by atoms with Crippen LogP contribution in [0.3, 0.4) is 0 Å². The van der Waals surface area contributed by atoms with Crippen LogP contribution >= 0.6 is 22.6 Å². The topological polar surface area (TPSA) is 29.5 Å². The molecule has 0 radical (unpaired) electrons. The fourth-order valence-electron chi connectivity index (χ4n) is 3.58. The Labute approximate surface area is 191 Å². The normalized spacial score (nSPS) is 12.1. The number of rotatable bonds is 15. The summed E-state index contributed by atoms with van der Waals surface area (Å²) in [5.41, 5.74) is 2.36. The van der Waals surface area contributed by atoms with Gasteiger partial charge in [0.05, 0.1) is 6.10 Å². The Bertz CT molecular complexity index is 672. The van der Waals surface area contributed by atoms with Crippen LogP contribution in [0.15, 0.2) is 48.5 Å². The molecule has 2 aromatic rings. The van der Waals surface area contributed by atoms with Crippen molar-refractivity contribution in [1.29, 1.82) is 0 Å². The fraction of sp³-hybridized carbons (Fsp3) is 0.538. The minimum absolute atomic E-state index is 0.367. The van der Waals surface area contributed by atoms with E-state index in [1.54, 1.807) is 0 Å². The quantitative estimate of drug-likeness (QED) is 0.195. The molecule has 2 nitrogen and oxygen atoms in total. The molecule has 0 aliphatic heterocycles. The highest BCUT2D eigenvalue weighted by molar-refractivity contribution is 14.1. The van der Waals surface area contributed by atoms with Gasteiger partial charge in [-0.3, -0.25) is 0 Å². The van der Waals surface area contributed by atoms with Crippen molar-refractivity contribution in [2.45, 2.75) is 83.7 Å². The monoisotopic (exact) mass is 508 g/mol. The van der Waals surface area contributed by atoms with Crippen LogP contribution in [0.25, 0.3) is 11.1 Å². The number of aliphatic hydroxyl groups excluding tert-OH is 1. The maximum Gasteiger partial charge on any atom is 0.120 e. The van der Waals surface area contributed by atoms with Crippen molar-refractivity contribution in [1.82, 2.24) is 0 Å². The van der Waals surface area contributed by atoms with Gasteiger partial charge in [-0.1, -0.05) is 101 Å². The Balaban J connectivity index is 1.60. The van der Waals surface area contributed by atoms with Crippen LogP contribution in [-0.2, 0) is 0 Å². The molecule has 0 saturated carbocycles. The molecule has 29 heavy (non-hydrogen) atoms. The van der Waals surface area contributed by atoms with E-state index in [4.69, 9.17) is 4.74 Å². The van der Waals surface area contributed by atoms with Crippen molar-refractivity contribution < 1.29 is 9.84 Å². The second-order valence-corrected chi connectivity index (χ2v) is 9.11. The first-order chi connectivity index (χ1) is 14.2. The van der Waals surface area contributed by atoms with E-state index in [-0.39, 0.29) is 6.10 Å². The van der Waals surface area contributed by atoms with Crippen LogP contribution in [0.4, 0.5) is 0 Å². The van der Waals surface area contributed by atoms with Gasteiger partial charge < -0.3 is 9.84 Å². The van der Waals surface area contributed by atoms with E-state index in [9.17, 15) is 5.11 Å². The third-order valence-corrected chi connectivity index (χ3v) is 6.30. The van der Waals surface area contributed by atoms with E-state index < -0.39 is 0 Å². The van der Waals surface area contributed by atoms with Crippen LogP contribution in [-0.4, -0.2) is 17.8 Å². The lowest BCUT2D eigenvalue weighted by Crippen LogP contribution is -2.17. The molecule has 0 heterocycles. The van der Waals surface area contributed by atoms with Gasteiger partial charge in [0.15, 0.2) is 0 Å². The molecule has 0 bridgehead atoms. The van der Waals surface area contributed by atoms with Crippen molar-refractivity contribution >= 4 is 22.6 Å². The van der Waals surface area contributed by atoms with Gasteiger partial charge in [0.25, 0.3) is 0 Å². The van der Waals surface area contributed by atoms with Crippen LogP contribution in [0.1, 0.15) is 77.6 Å². The molecule has 1 N–H and O–H groups in total. The maximum absolute atomic E-state index is 10.2. The standard InChI is InChI=1S/C26H37IO2/c1-2-3-4-5-6-7-8-9-10-14-17-23(28)21-29-24-18-19-26(27)25(20-24)22-15-12-11-13-16-22/h11-13,15-16,18-20,23,28H,2-10,14,17,21H2,1H3. The highest BCUT2D eigenvalue weighted by Crippen LogP contribution is 2.29. The smallest absolute Gasteiger partial charge is 0.120 e. The molecule has 1 unspecified atom stereocenters. The summed E-state index contributed by atoms with van der Waals surface area (Å²) >= 11 is 2.36. The summed E-state index contributed by atoms with van der Waals surface area (Å²) in [6.07, 6.45) is 13.6. The summed E-state index contributed by atoms with van der Waals surface area (Å²) in [6.45, 7) is 2.63. The summed E-state index contributed by atoms with van der Waals surface area (Å²) < 4.78 is 7.07. The van der Waals surface area contributed by atoms with E-state index in [0.717, 1.165) is 18.6 Å². The Hall–Kier alpha value is -1.07. The van der Waals surface area contributed by atoms with Gasteiger partial charge in [-0.2, -0.15) is 0 Å². The molecule has 0 aliphatic carbocycles. The zero-order valence-electron chi connectivity index (χ0n) is 17.9. The molecule has 0 fully saturated rings. The van der Waals surface area contributed by atoms with E-state index in [1.807, 2.05) is 12.1 Å². The second kappa shape index (κ2) is 14.8. The minimum Gasteiger partial charge on any atom is -0.491 e. The molecule has 2 rings (SSSR count). The number of hydrogen-bond acceptors (Lipinski definition) is 2. The molecule has 0 saturated heterocycles. The average molecular weight is 508 g/mol. The summed E-state index contributed by atoms with van der Waals surface area (Å²) in [4.78, 5) is 0. The molecule has 0 spiro atoms. The molecule has 2 aromatic carbocycles. The molecule has 160 valence electrons. The number of benzene rings is 2. The van der Waals surface area contributed by atoms with E-state index >= 15 is 0 Å². The molecule has 0 amide bonds. The van der Waals surface area contributed by atoms with Crippen LogP contribution in [0.2, 0.25) is 0 Å². The first kappa shape index (κ1) is 24.2. The fourth-order valence-corrected chi connectivity index (χ4v) is 4.22. The van der Waals surface area contributed by atoms with Gasteiger partial charge in [0.2, 0.25) is 0 Å². The van der Waals surface area contributed by atoms with Gasteiger partial charge in [0.1, 0.15) is 12.4 Å². The van der Waals surface area contributed by atoms with Crippen LogP contribution in [0.5, 0.6) is 5.75 Å². The Kier molecular flexibility index (Phi) is 12.4. The van der Waals surface area contributed by atoms with Crippen LogP contribution < -0.4 is 4.74 Å². The lowest BCUT2D eigenvalue weighted by Gasteiger charge is -2.14. The molecule has 3 heteroatoms. The van der Waals surface area contributed by atoms with Gasteiger partial charge in [-0.05, 0) is 58.3 Å². The minimum atomic E-state index is -0.386. The third-order valence-electron chi connectivity index (χ3n) is 5.36. The highest BCUT2D eigenvalue weighted by atomic mass is 127.